The predicted octanol–water partition coefficient (Wildman–Crippen LogP) is 8.13. The minimum atomic E-state index is -4.08. The van der Waals surface area contributed by atoms with Crippen molar-refractivity contribution in [3.63, 3.8) is 0 Å². The molecule has 0 atom stereocenters. The average Bonchev–Trinajstić information content (AvgIpc) is 3.05. The first kappa shape index (κ1) is 35.0. The molecule has 0 fully saturated rings. The summed E-state index contributed by atoms with van der Waals surface area (Å²) < 4.78 is 60.3. The van der Waals surface area contributed by atoms with Gasteiger partial charge >= 0.3 is 32.3 Å². The number of anilines is 4. The summed E-state index contributed by atoms with van der Waals surface area (Å²) in [6.45, 7) is 1.70. The van der Waals surface area contributed by atoms with Crippen molar-refractivity contribution in [2.45, 2.75) is 16.7 Å². The highest BCUT2D eigenvalue weighted by molar-refractivity contribution is 7.87. The topological polar surface area (TPSA) is 169 Å². The molecule has 0 aliphatic heterocycles. The van der Waals surface area contributed by atoms with Crippen molar-refractivity contribution in [2.24, 2.45) is 0 Å². The van der Waals surface area contributed by atoms with Crippen LogP contribution < -0.4 is 29.6 Å². The molecule has 5 aromatic carbocycles. The van der Waals surface area contributed by atoms with Crippen LogP contribution in [0, 0.1) is 6.92 Å². The van der Waals surface area contributed by atoms with Crippen LogP contribution in [0.15, 0.2) is 125 Å². The van der Waals surface area contributed by atoms with Crippen LogP contribution in [-0.4, -0.2) is 28.9 Å². The van der Waals surface area contributed by atoms with E-state index in [0.29, 0.717) is 38.4 Å². The lowest BCUT2D eigenvalue weighted by Crippen LogP contribution is -2.22. The molecule has 0 radical (unpaired) electrons. The van der Waals surface area contributed by atoms with Gasteiger partial charge in [-0.1, -0.05) is 29.3 Å². The van der Waals surface area contributed by atoms with Gasteiger partial charge in [-0.25, -0.2) is 9.59 Å². The molecule has 16 heteroatoms. The quantitative estimate of drug-likeness (QED) is 0.104. The second kappa shape index (κ2) is 14.9. The lowest BCUT2D eigenvalue weighted by atomic mass is 10.1. The largest absolute Gasteiger partial charge is 0.379 e. The zero-order chi connectivity index (χ0) is 35.2. The van der Waals surface area contributed by atoms with E-state index in [1.165, 1.54) is 97.1 Å². The maximum absolute atomic E-state index is 12.7. The fourth-order valence-electron chi connectivity index (χ4n) is 4.22. The number of carbonyl (C=O) groups is 2. The lowest BCUT2D eigenvalue weighted by molar-refractivity contribution is 0.261. The molecular weight excluding hydrogens is 715 g/mol. The van der Waals surface area contributed by atoms with Gasteiger partial charge in [-0.05, 0) is 122 Å². The highest BCUT2D eigenvalue weighted by Crippen LogP contribution is 2.26. The molecule has 252 valence electrons. The number of hydrogen-bond donors (Lipinski definition) is 4. The number of urea groups is 2. The summed E-state index contributed by atoms with van der Waals surface area (Å²) in [7, 11) is -8.16. The van der Waals surface area contributed by atoms with Crippen LogP contribution in [-0.2, 0) is 20.2 Å². The Hall–Kier alpha value is -5.28. The van der Waals surface area contributed by atoms with Crippen molar-refractivity contribution in [1.82, 2.24) is 0 Å². The maximum Gasteiger partial charge on any atom is 0.339 e. The Morgan fingerprint density at radius 1 is 0.510 bits per heavy atom. The van der Waals surface area contributed by atoms with Gasteiger partial charge in [0.15, 0.2) is 0 Å². The third-order valence-corrected chi connectivity index (χ3v) is 9.70. The van der Waals surface area contributed by atoms with Gasteiger partial charge in [0, 0.05) is 32.8 Å². The number of rotatable bonds is 10. The summed E-state index contributed by atoms with van der Waals surface area (Å²) in [6, 6.07) is 26.3. The van der Waals surface area contributed by atoms with Crippen LogP contribution in [0.5, 0.6) is 11.5 Å². The van der Waals surface area contributed by atoms with E-state index >= 15 is 0 Å². The molecule has 4 N–H and O–H groups in total. The van der Waals surface area contributed by atoms with Crippen LogP contribution in [0.2, 0.25) is 10.0 Å². The smallest absolute Gasteiger partial charge is 0.339 e. The predicted molar refractivity (Wildman–Crippen MR) is 188 cm³/mol. The summed E-state index contributed by atoms with van der Waals surface area (Å²) in [5.74, 6) is 0.0837. The first-order valence-electron chi connectivity index (χ1n) is 14.1. The Balaban J connectivity index is 1.14. The Morgan fingerprint density at radius 2 is 0.857 bits per heavy atom. The van der Waals surface area contributed by atoms with Crippen LogP contribution in [0.3, 0.4) is 0 Å². The monoisotopic (exact) mass is 740 g/mol. The van der Waals surface area contributed by atoms with Gasteiger partial charge in [-0.3, -0.25) is 0 Å². The van der Waals surface area contributed by atoms with E-state index in [1.807, 2.05) is 0 Å². The Kier molecular flexibility index (Phi) is 10.6. The minimum Gasteiger partial charge on any atom is -0.379 e. The molecule has 0 saturated heterocycles. The third kappa shape index (κ3) is 9.42. The van der Waals surface area contributed by atoms with Crippen molar-refractivity contribution in [3.05, 3.63) is 131 Å². The molecule has 5 rings (SSSR count). The van der Waals surface area contributed by atoms with Crippen molar-refractivity contribution in [3.8, 4) is 11.5 Å². The number of amides is 4. The molecule has 49 heavy (non-hydrogen) atoms. The fourth-order valence-corrected chi connectivity index (χ4v) is 6.33. The lowest BCUT2D eigenvalue weighted by Gasteiger charge is -2.15. The van der Waals surface area contributed by atoms with E-state index in [0.717, 1.165) is 0 Å². The van der Waals surface area contributed by atoms with Crippen LogP contribution >= 0.6 is 23.2 Å². The van der Waals surface area contributed by atoms with Gasteiger partial charge in [0.05, 0.1) is 0 Å². The molecular formula is C33H26Cl2N4O8S2. The van der Waals surface area contributed by atoms with E-state index in [4.69, 9.17) is 31.6 Å². The third-order valence-electron chi connectivity index (χ3n) is 6.67. The highest BCUT2D eigenvalue weighted by Gasteiger charge is 2.18. The number of halogens is 2. The summed E-state index contributed by atoms with van der Waals surface area (Å²) in [5.41, 5.74) is 2.10. The first-order chi connectivity index (χ1) is 23.3. The Labute approximate surface area is 292 Å². The Morgan fingerprint density at radius 3 is 1.20 bits per heavy atom. The van der Waals surface area contributed by atoms with Crippen molar-refractivity contribution >= 4 is 78.2 Å². The molecule has 0 bridgehead atoms. The molecule has 0 spiro atoms. The molecule has 0 saturated carbocycles. The van der Waals surface area contributed by atoms with Crippen molar-refractivity contribution < 1.29 is 34.8 Å². The van der Waals surface area contributed by atoms with Crippen molar-refractivity contribution in [1.29, 1.82) is 0 Å². The van der Waals surface area contributed by atoms with Crippen LogP contribution in [0.1, 0.15) is 5.56 Å². The summed E-state index contributed by atoms with van der Waals surface area (Å²) in [6.07, 6.45) is 0. The standard InChI is InChI=1S/C33H26Cl2N4O8S2/c1-21-30(38-32(40)36-24-9-13-26(14-10-24)46-48(42,43)28-17-5-22(34)6-18-28)3-2-4-31(21)39-33(41)37-25-11-15-27(16-12-25)47-49(44,45)29-19-7-23(35)8-20-29/h2-20H,1H3,(H2,36,38,40)(H2,37,39,41). The molecule has 4 amide bonds. The minimum absolute atomic E-state index is 0.0418. The summed E-state index contributed by atoms with van der Waals surface area (Å²) in [4.78, 5) is 25.3. The molecule has 5 aromatic rings. The summed E-state index contributed by atoms with van der Waals surface area (Å²) >= 11 is 11.6. The van der Waals surface area contributed by atoms with E-state index in [9.17, 15) is 26.4 Å². The molecule has 0 aliphatic rings. The second-order valence-corrected chi connectivity index (χ2v) is 14.1. The SMILES string of the molecule is Cc1c(NC(=O)Nc2ccc(OS(=O)(=O)c3ccc(Cl)cc3)cc2)cccc1NC(=O)Nc1ccc(OS(=O)(=O)c2ccc(Cl)cc2)cc1. The van der Waals surface area contributed by atoms with Crippen LogP contribution in [0.4, 0.5) is 32.3 Å². The normalized spacial score (nSPS) is 11.2. The zero-order valence-electron chi connectivity index (χ0n) is 25.3. The van der Waals surface area contributed by atoms with Gasteiger partial charge in [0.25, 0.3) is 0 Å². The van der Waals surface area contributed by atoms with E-state index in [-0.39, 0.29) is 21.3 Å². The van der Waals surface area contributed by atoms with Gasteiger partial charge < -0.3 is 29.6 Å². The molecule has 12 nitrogen and oxygen atoms in total. The number of nitrogens with one attached hydrogen (secondary N) is 4. The number of carbonyl (C=O) groups excluding carboxylic acids is 2. The van der Waals surface area contributed by atoms with Crippen LogP contribution in [0.25, 0.3) is 0 Å². The molecule has 0 unspecified atom stereocenters. The average molecular weight is 742 g/mol. The summed E-state index contributed by atoms with van der Waals surface area (Å²) in [5, 5.41) is 11.5. The van der Waals surface area contributed by atoms with E-state index in [1.54, 1.807) is 25.1 Å². The molecule has 0 aliphatic carbocycles. The van der Waals surface area contributed by atoms with E-state index in [2.05, 4.69) is 21.3 Å². The highest BCUT2D eigenvalue weighted by atomic mass is 35.5. The van der Waals surface area contributed by atoms with E-state index < -0.39 is 32.3 Å². The number of benzene rings is 5. The maximum atomic E-state index is 12.7. The van der Waals surface area contributed by atoms with Gasteiger partial charge in [-0.15, -0.1) is 0 Å². The van der Waals surface area contributed by atoms with Gasteiger partial charge in [-0.2, -0.15) is 16.8 Å². The first-order valence-corrected chi connectivity index (χ1v) is 17.7. The fraction of sp³-hybridized carbons (Fsp3) is 0.0303. The van der Waals surface area contributed by atoms with Crippen molar-refractivity contribution in [2.75, 3.05) is 21.3 Å². The number of hydrogen-bond acceptors (Lipinski definition) is 8. The zero-order valence-corrected chi connectivity index (χ0v) is 28.5. The molecule has 0 aromatic heterocycles. The van der Waals surface area contributed by atoms with Gasteiger partial charge in [0.1, 0.15) is 21.3 Å². The Bertz CT molecular complexity index is 2040. The molecule has 0 heterocycles. The second-order valence-electron chi connectivity index (χ2n) is 10.2. The van der Waals surface area contributed by atoms with Gasteiger partial charge in [0.2, 0.25) is 0 Å².